The van der Waals surface area contributed by atoms with E-state index < -0.39 is 17.9 Å². The van der Waals surface area contributed by atoms with E-state index >= 15 is 0 Å². The van der Waals surface area contributed by atoms with Crippen molar-refractivity contribution in [3.8, 4) is 5.75 Å². The normalized spacial score (nSPS) is 22.1. The number of rotatable bonds is 3. The highest BCUT2D eigenvalue weighted by Gasteiger charge is 2.34. The molecule has 1 fully saturated rings. The molecule has 25 heavy (non-hydrogen) atoms. The molecule has 0 saturated carbocycles. The van der Waals surface area contributed by atoms with Gasteiger partial charge in [0.25, 0.3) is 5.56 Å². The summed E-state index contributed by atoms with van der Waals surface area (Å²) in [4.78, 5) is 13.1. The minimum absolute atomic E-state index is 0.0781. The number of H-pyrrole nitrogens is 1. The van der Waals surface area contributed by atoms with Crippen molar-refractivity contribution in [2.75, 3.05) is 13.6 Å². The maximum absolute atomic E-state index is 14.4. The van der Waals surface area contributed by atoms with Crippen LogP contribution in [0.1, 0.15) is 36.1 Å². The van der Waals surface area contributed by atoms with Gasteiger partial charge in [0.2, 0.25) is 0 Å². The molecule has 1 aliphatic heterocycles. The number of aromatic amines is 1. The van der Waals surface area contributed by atoms with Crippen LogP contribution in [0.5, 0.6) is 5.75 Å². The van der Waals surface area contributed by atoms with Gasteiger partial charge in [-0.25, -0.2) is 4.39 Å². The van der Waals surface area contributed by atoms with Gasteiger partial charge >= 0.3 is 6.36 Å². The van der Waals surface area contributed by atoms with E-state index in [1.165, 1.54) is 12.1 Å². The Bertz CT molecular complexity index is 799. The van der Waals surface area contributed by atoms with Crippen LogP contribution in [0.4, 0.5) is 17.6 Å². The van der Waals surface area contributed by atoms with E-state index in [0.29, 0.717) is 18.7 Å². The molecule has 2 atom stereocenters. The fourth-order valence-electron chi connectivity index (χ4n) is 3.18. The van der Waals surface area contributed by atoms with Crippen molar-refractivity contribution in [2.24, 2.45) is 0 Å². The molecule has 0 radical (unpaired) electrons. The monoisotopic (exact) mass is 360 g/mol. The zero-order valence-electron chi connectivity index (χ0n) is 13.3. The Labute approximate surface area is 140 Å². The number of likely N-dealkylation sites (tertiary alicyclic amines) is 1. The molecule has 2 aromatic rings. The summed E-state index contributed by atoms with van der Waals surface area (Å²) in [5.74, 6) is -0.943. The van der Waals surface area contributed by atoms with Crippen LogP contribution in [0.3, 0.4) is 0 Å². The van der Waals surface area contributed by atoms with Crippen LogP contribution >= 0.6 is 0 Å². The van der Waals surface area contributed by atoms with Gasteiger partial charge in [0.05, 0.1) is 0 Å². The fraction of sp³-hybridized carbons (Fsp3) is 0.438. The number of nitrogens with zero attached hydrogens (tertiary/aromatic N) is 1. The van der Waals surface area contributed by atoms with E-state index in [9.17, 15) is 22.4 Å². The van der Waals surface area contributed by atoms with Crippen molar-refractivity contribution < 1.29 is 26.8 Å². The lowest BCUT2D eigenvalue weighted by Crippen LogP contribution is -2.33. The number of benzene rings is 1. The Kier molecular flexibility index (Phi) is 4.59. The van der Waals surface area contributed by atoms with Gasteiger partial charge in [0.15, 0.2) is 0 Å². The molecule has 5 nitrogen and oxygen atoms in total. The first-order valence-corrected chi connectivity index (χ1v) is 7.67. The predicted octanol–water partition coefficient (Wildman–Crippen LogP) is 3.56. The van der Waals surface area contributed by atoms with Gasteiger partial charge in [-0.3, -0.25) is 9.69 Å². The summed E-state index contributed by atoms with van der Waals surface area (Å²) in [5, 5.41) is 2.23. The first-order valence-electron chi connectivity index (χ1n) is 7.67. The van der Waals surface area contributed by atoms with Crippen molar-refractivity contribution in [1.82, 2.24) is 10.1 Å². The number of hydrogen-bond donors (Lipinski definition) is 1. The summed E-state index contributed by atoms with van der Waals surface area (Å²) in [5.41, 5.74) is -0.0649. The lowest BCUT2D eigenvalue weighted by Gasteiger charge is -2.36. The lowest BCUT2D eigenvalue weighted by molar-refractivity contribution is -0.274. The average Bonchev–Trinajstić information content (AvgIpc) is 2.93. The maximum Gasteiger partial charge on any atom is 0.573 e. The quantitative estimate of drug-likeness (QED) is 0.851. The predicted molar refractivity (Wildman–Crippen MR) is 79.8 cm³/mol. The van der Waals surface area contributed by atoms with E-state index in [0.717, 1.165) is 18.6 Å². The Morgan fingerprint density at radius 3 is 2.68 bits per heavy atom. The van der Waals surface area contributed by atoms with Crippen LogP contribution in [0.2, 0.25) is 0 Å². The molecular formula is C16H16F4N2O3. The molecule has 1 aromatic carbocycles. The first-order chi connectivity index (χ1) is 11.7. The Balaban J connectivity index is 1.82. The Hall–Kier alpha value is -2.29. The highest BCUT2D eigenvalue weighted by atomic mass is 19.4. The molecule has 0 unspecified atom stereocenters. The second kappa shape index (κ2) is 6.55. The van der Waals surface area contributed by atoms with E-state index in [1.54, 1.807) is 0 Å². The molecular weight excluding hydrogens is 344 g/mol. The summed E-state index contributed by atoms with van der Waals surface area (Å²) in [6, 6.07) is 4.15. The van der Waals surface area contributed by atoms with E-state index in [2.05, 4.69) is 9.89 Å². The third-order valence-electron chi connectivity index (χ3n) is 4.38. The van der Waals surface area contributed by atoms with E-state index in [-0.39, 0.29) is 23.1 Å². The summed E-state index contributed by atoms with van der Waals surface area (Å²) in [7, 11) is 1.81. The van der Waals surface area contributed by atoms with Crippen LogP contribution in [-0.2, 0) is 0 Å². The second-order valence-corrected chi connectivity index (χ2v) is 6.06. The average molecular weight is 360 g/mol. The van der Waals surface area contributed by atoms with E-state index in [1.807, 2.05) is 11.9 Å². The van der Waals surface area contributed by atoms with Crippen molar-refractivity contribution in [3.05, 3.63) is 51.8 Å². The highest BCUT2D eigenvalue weighted by Crippen LogP contribution is 2.39. The molecule has 0 spiro atoms. The van der Waals surface area contributed by atoms with Crippen molar-refractivity contribution >= 4 is 0 Å². The number of hydrogen-bond acceptors (Lipinski definition) is 4. The number of nitrogens with one attached hydrogen (secondary N) is 1. The minimum Gasteiger partial charge on any atom is -0.406 e. The first kappa shape index (κ1) is 17.5. The van der Waals surface area contributed by atoms with Gasteiger partial charge in [-0.05, 0) is 32.5 Å². The van der Waals surface area contributed by atoms with Crippen LogP contribution in [0.15, 0.2) is 33.6 Å². The molecule has 3 rings (SSSR count). The maximum atomic E-state index is 14.4. The topological polar surface area (TPSA) is 58.5 Å². The summed E-state index contributed by atoms with van der Waals surface area (Å²) in [6.07, 6.45) is -3.66. The Morgan fingerprint density at radius 2 is 2.08 bits per heavy atom. The summed E-state index contributed by atoms with van der Waals surface area (Å²) >= 11 is 0. The van der Waals surface area contributed by atoms with Crippen molar-refractivity contribution in [1.29, 1.82) is 0 Å². The number of aromatic nitrogens is 1. The van der Waals surface area contributed by atoms with Crippen LogP contribution in [0.25, 0.3) is 0 Å². The third-order valence-corrected chi connectivity index (χ3v) is 4.38. The molecule has 2 heterocycles. The SMILES string of the molecule is CN1CC[C@H](c2cc(=O)[nH]o2)C[C@H]1c1ccc(OC(F)(F)F)cc1F. The van der Waals surface area contributed by atoms with Gasteiger partial charge in [-0.2, -0.15) is 5.16 Å². The minimum atomic E-state index is -4.87. The molecule has 1 aromatic heterocycles. The van der Waals surface area contributed by atoms with Crippen LogP contribution in [0, 0.1) is 5.82 Å². The largest absolute Gasteiger partial charge is 0.573 e. The standard InChI is InChI=1S/C16H16F4N2O3/c1-22-5-4-9(14-8-15(23)21-25-14)6-13(22)11-3-2-10(7-12(11)17)24-16(18,19)20/h2-3,7-9,13H,4-6H2,1H3,(H,21,23)/t9-,13-/m0/s1. The third kappa shape index (κ3) is 4.04. The summed E-state index contributed by atoms with van der Waals surface area (Å²) in [6.45, 7) is 0.629. The fourth-order valence-corrected chi connectivity index (χ4v) is 3.18. The number of halogens is 4. The molecule has 0 amide bonds. The van der Waals surface area contributed by atoms with Crippen molar-refractivity contribution in [2.45, 2.75) is 31.2 Å². The smallest absolute Gasteiger partial charge is 0.406 e. The van der Waals surface area contributed by atoms with Gasteiger partial charge in [-0.1, -0.05) is 6.07 Å². The van der Waals surface area contributed by atoms with Gasteiger partial charge < -0.3 is 9.26 Å². The zero-order chi connectivity index (χ0) is 18.2. The zero-order valence-corrected chi connectivity index (χ0v) is 13.3. The number of ether oxygens (including phenoxy) is 1. The van der Waals surface area contributed by atoms with Crippen molar-refractivity contribution in [3.63, 3.8) is 0 Å². The highest BCUT2D eigenvalue weighted by molar-refractivity contribution is 5.31. The Morgan fingerprint density at radius 1 is 1.32 bits per heavy atom. The second-order valence-electron chi connectivity index (χ2n) is 6.06. The summed E-state index contributed by atoms with van der Waals surface area (Å²) < 4.78 is 60.0. The number of piperidine rings is 1. The molecule has 1 N–H and O–H groups in total. The van der Waals surface area contributed by atoms with Crippen LogP contribution < -0.4 is 10.3 Å². The molecule has 0 aliphatic carbocycles. The van der Waals surface area contributed by atoms with E-state index in [4.69, 9.17) is 4.52 Å². The van der Waals surface area contributed by atoms with Gasteiger partial charge in [0.1, 0.15) is 17.3 Å². The molecule has 136 valence electrons. The molecule has 9 heteroatoms. The number of alkyl halides is 3. The molecule has 0 bridgehead atoms. The lowest BCUT2D eigenvalue weighted by atomic mass is 9.86. The van der Waals surface area contributed by atoms with Gasteiger partial charge in [-0.15, -0.1) is 13.2 Å². The molecule has 1 aliphatic rings. The van der Waals surface area contributed by atoms with Crippen LogP contribution in [-0.4, -0.2) is 30.0 Å². The van der Waals surface area contributed by atoms with Gasteiger partial charge in [0, 0.05) is 29.7 Å². The molecule has 1 saturated heterocycles.